The molecule has 2 heterocycles. The first-order chi connectivity index (χ1) is 41.4. The minimum absolute atomic E-state index is 0.00535. The number of ketones is 2. The highest BCUT2D eigenvalue weighted by atomic mass is 32.2. The maximum Gasteiger partial charge on any atom is 0.306 e. The molecule has 492 valence electrons. The fourth-order valence-electron chi connectivity index (χ4n) is 10.1. The van der Waals surface area contributed by atoms with Crippen molar-refractivity contribution in [3.63, 3.8) is 0 Å². The molecule has 88 heavy (non-hydrogen) atoms. The van der Waals surface area contributed by atoms with Crippen molar-refractivity contribution in [2.75, 3.05) is 72.2 Å². The van der Waals surface area contributed by atoms with Gasteiger partial charge in [-0.1, -0.05) is 59.6 Å². The molecule has 0 spiro atoms. The summed E-state index contributed by atoms with van der Waals surface area (Å²) in [7, 11) is 5.35. The molecule has 8 atom stereocenters. The number of nitrogens with zero attached hydrogens (tertiary/aromatic N) is 4. The minimum atomic E-state index is -1.07. The van der Waals surface area contributed by atoms with E-state index in [0.717, 1.165) is 21.8 Å². The Hall–Kier alpha value is -6.19. The lowest BCUT2D eigenvalue weighted by Gasteiger charge is -2.38. The molecule has 1 saturated heterocycles. The van der Waals surface area contributed by atoms with Gasteiger partial charge in [-0.3, -0.25) is 67.8 Å². The van der Waals surface area contributed by atoms with E-state index in [1.807, 2.05) is 66.6 Å². The monoisotopic (exact) mass is 1270 g/mol. The SMILES string of the molecule is CCC(C)[C@H](CC(=O)C(C)(C)N(C)C)C(=O)N(C)[C@H](C[C@@H](OC(C)=O)c1nc(C(=O)N[C@@H](Cc2ccc(C)c(NC(=O)CCCNC(=O)C(CCCCNC(=O)COCCOO)CC(=O)CCN3C(=O)CC(SC)C3=O)c2)CC(C)C(=O)O)cs1)C(C)C. The molecule has 4 unspecified atom stereocenters. The number of anilines is 1. The number of ether oxygens (including phenoxy) is 2. The van der Waals surface area contributed by atoms with Gasteiger partial charge in [0, 0.05) is 107 Å². The lowest BCUT2D eigenvalue weighted by molar-refractivity contribution is -0.248. The Bertz CT molecular complexity index is 2700. The molecule has 7 amide bonds. The van der Waals surface area contributed by atoms with Gasteiger partial charge in [-0.2, -0.15) is 11.8 Å². The highest BCUT2D eigenvalue weighted by Gasteiger charge is 2.40. The summed E-state index contributed by atoms with van der Waals surface area (Å²) in [6.45, 7) is 16.1. The standard InChI is InChI=1S/C62H96N8O16S2/c1-14-38(4)46(32-52(73)62(8,9)68(10)11)59(79)69(12)49(37(2)3)33-50(86-41(7)71)58-67-48(36-88-58)57(78)65-44(28-40(6)61(81)82)29-42-21-20-39(5)47(30-42)66-53(74)19-17-24-64-56(77)43(18-15-16-23-63-54(75)35-84-26-27-85-83)31-45(72)22-25-70-55(76)34-51(87-13)60(70)80/h20-21,30,36-38,40,43-44,46,49-51,83H,14-19,22-29,31-35H2,1-13H3,(H,63,75)(H,64,77)(H,65,78)(H,66,74)(H,81,82)/t38?,40?,43?,44-,46+,49-,50-,51?/m1/s1. The number of likely N-dealkylation sites (tertiary alicyclic amines) is 1. The number of hydrogen-bond donors (Lipinski definition) is 6. The number of thiazole rings is 1. The van der Waals surface area contributed by atoms with Crippen LogP contribution in [0.2, 0.25) is 0 Å². The van der Waals surface area contributed by atoms with Gasteiger partial charge in [-0.05, 0) is 102 Å². The summed E-state index contributed by atoms with van der Waals surface area (Å²) in [5.74, 6) is -7.10. The molecule has 0 saturated carbocycles. The Morgan fingerprint density at radius 3 is 2.23 bits per heavy atom. The van der Waals surface area contributed by atoms with Gasteiger partial charge in [0.1, 0.15) is 29.7 Å². The molecule has 3 rings (SSSR count). The first kappa shape index (κ1) is 76.1. The lowest BCUT2D eigenvalue weighted by atomic mass is 9.81. The van der Waals surface area contributed by atoms with Crippen molar-refractivity contribution in [2.45, 2.75) is 175 Å². The Morgan fingerprint density at radius 1 is 0.920 bits per heavy atom. The number of carboxylic acids is 1. The van der Waals surface area contributed by atoms with E-state index in [0.29, 0.717) is 41.9 Å². The number of nitrogens with one attached hydrogen (secondary N) is 4. The third-order valence-corrected chi connectivity index (χ3v) is 18.3. The zero-order chi connectivity index (χ0) is 66.0. The minimum Gasteiger partial charge on any atom is -0.481 e. The maximum absolute atomic E-state index is 14.4. The van der Waals surface area contributed by atoms with Gasteiger partial charge in [0.15, 0.2) is 11.9 Å². The molecule has 26 heteroatoms. The highest BCUT2D eigenvalue weighted by molar-refractivity contribution is 8.00. The molecule has 1 fully saturated rings. The number of amides is 7. The summed E-state index contributed by atoms with van der Waals surface area (Å²) in [5.41, 5.74) is 1.10. The second kappa shape index (κ2) is 37.7. The average Bonchev–Trinajstić information content (AvgIpc) is 4.08. The number of likely N-dealkylation sites (N-methyl/N-ethyl adjacent to an activating group) is 1. The fourth-order valence-corrected chi connectivity index (χ4v) is 11.5. The number of aromatic nitrogens is 1. The predicted molar refractivity (Wildman–Crippen MR) is 334 cm³/mol. The number of benzene rings is 1. The second-order valence-corrected chi connectivity index (χ2v) is 25.8. The first-order valence-corrected chi connectivity index (χ1v) is 32.4. The molecule has 0 bridgehead atoms. The molecule has 2 aromatic rings. The van der Waals surface area contributed by atoms with Crippen LogP contribution in [0.4, 0.5) is 5.69 Å². The molecule has 1 aromatic carbocycles. The van der Waals surface area contributed by atoms with E-state index in [-0.39, 0.29) is 156 Å². The van der Waals surface area contributed by atoms with Gasteiger partial charge in [-0.25, -0.2) is 9.87 Å². The lowest BCUT2D eigenvalue weighted by Crippen LogP contribution is -2.50. The molecule has 1 aromatic heterocycles. The second-order valence-electron chi connectivity index (χ2n) is 23.9. The van der Waals surface area contributed by atoms with Crippen LogP contribution in [0.25, 0.3) is 0 Å². The molecule has 24 nitrogen and oxygen atoms in total. The molecule has 0 radical (unpaired) electrons. The van der Waals surface area contributed by atoms with Gasteiger partial charge in [-0.15, -0.1) is 11.3 Å². The number of hydrogen-bond acceptors (Lipinski definition) is 19. The van der Waals surface area contributed by atoms with Gasteiger partial charge >= 0.3 is 11.9 Å². The summed E-state index contributed by atoms with van der Waals surface area (Å²) < 4.78 is 10.9. The third-order valence-electron chi connectivity index (χ3n) is 16.4. The maximum atomic E-state index is 14.4. The van der Waals surface area contributed by atoms with Crippen molar-refractivity contribution in [3.05, 3.63) is 45.4 Å². The third kappa shape index (κ3) is 24.6. The van der Waals surface area contributed by atoms with Gasteiger partial charge in [0.05, 0.1) is 23.3 Å². The van der Waals surface area contributed by atoms with E-state index >= 15 is 0 Å². The quantitative estimate of drug-likeness (QED) is 0.0137. The van der Waals surface area contributed by atoms with Crippen molar-refractivity contribution in [2.24, 2.45) is 29.6 Å². The topological polar surface area (TPSA) is 327 Å². The number of rotatable bonds is 42. The van der Waals surface area contributed by atoms with Crippen molar-refractivity contribution in [1.82, 2.24) is 35.6 Å². The van der Waals surface area contributed by atoms with Crippen LogP contribution < -0.4 is 21.3 Å². The van der Waals surface area contributed by atoms with Gasteiger partial charge in [0.25, 0.3) is 5.91 Å². The Morgan fingerprint density at radius 2 is 1.61 bits per heavy atom. The number of unbranched alkanes of at least 4 members (excludes halogenated alkanes) is 1. The Labute approximate surface area is 526 Å². The Balaban J connectivity index is 1.71. The van der Waals surface area contributed by atoms with Crippen LogP contribution in [-0.4, -0.2) is 185 Å². The zero-order valence-electron chi connectivity index (χ0n) is 53.7. The van der Waals surface area contributed by atoms with Crippen LogP contribution in [0.5, 0.6) is 0 Å². The molecule has 0 aliphatic carbocycles. The highest BCUT2D eigenvalue weighted by Crippen LogP contribution is 2.34. The molecular weight excluding hydrogens is 1180 g/mol. The number of carbonyl (C=O) groups is 11. The first-order valence-electron chi connectivity index (χ1n) is 30.3. The average molecular weight is 1270 g/mol. The van der Waals surface area contributed by atoms with Crippen LogP contribution in [0.3, 0.4) is 0 Å². The van der Waals surface area contributed by atoms with Crippen LogP contribution in [0.1, 0.15) is 165 Å². The largest absolute Gasteiger partial charge is 0.481 e. The smallest absolute Gasteiger partial charge is 0.306 e. The van der Waals surface area contributed by atoms with Crippen molar-refractivity contribution in [3.8, 4) is 0 Å². The number of thioether (sulfide) groups is 1. The Kier molecular flexibility index (Phi) is 32.6. The van der Waals surface area contributed by atoms with Crippen LogP contribution >= 0.6 is 23.1 Å². The number of esters is 1. The van der Waals surface area contributed by atoms with E-state index < -0.39 is 70.5 Å². The number of Topliss-reactive ketones (excluding diaryl/α,β-unsaturated/α-hetero) is 2. The normalized spacial score (nSPS) is 15.9. The van der Waals surface area contributed by atoms with Crippen molar-refractivity contribution < 1.29 is 77.5 Å². The number of aliphatic carboxylic acids is 1. The molecule has 1 aliphatic heterocycles. The summed E-state index contributed by atoms with van der Waals surface area (Å²) in [4.78, 5) is 157. The summed E-state index contributed by atoms with van der Waals surface area (Å²) in [6, 6.07) is 4.16. The summed E-state index contributed by atoms with van der Waals surface area (Å²) in [6.07, 6.45) is 3.16. The summed E-state index contributed by atoms with van der Waals surface area (Å²) in [5, 5.41) is 31.1. The van der Waals surface area contributed by atoms with E-state index in [4.69, 9.17) is 14.7 Å². The summed E-state index contributed by atoms with van der Waals surface area (Å²) >= 11 is 2.38. The molecular formula is C62H96N8O16S2. The van der Waals surface area contributed by atoms with Crippen LogP contribution in [-0.2, 0) is 68.7 Å². The van der Waals surface area contributed by atoms with E-state index in [9.17, 15) is 57.8 Å². The predicted octanol–water partition coefficient (Wildman–Crippen LogP) is 6.43. The van der Waals surface area contributed by atoms with Crippen LogP contribution in [0.15, 0.2) is 23.6 Å². The number of imide groups is 1. The van der Waals surface area contributed by atoms with Gasteiger partial charge < -0.3 is 40.7 Å². The van der Waals surface area contributed by atoms with E-state index in [2.05, 4.69) is 31.1 Å². The number of carbonyl (C=O) groups excluding carboxylic acids is 10. The van der Waals surface area contributed by atoms with Gasteiger partial charge in [0.2, 0.25) is 35.4 Å². The number of aryl methyl sites for hydroxylation is 1. The van der Waals surface area contributed by atoms with Crippen molar-refractivity contribution in [1.29, 1.82) is 0 Å². The molecule has 6 N–H and O–H groups in total. The van der Waals surface area contributed by atoms with Crippen LogP contribution in [0, 0.1) is 36.5 Å². The van der Waals surface area contributed by atoms with E-state index in [1.165, 1.54) is 31.0 Å². The van der Waals surface area contributed by atoms with Crippen molar-refractivity contribution >= 4 is 93.6 Å². The zero-order valence-corrected chi connectivity index (χ0v) is 55.3. The number of carboxylic acid groups (broad SMARTS) is 1. The fraction of sp³-hybridized carbons (Fsp3) is 0.677. The molecule has 1 aliphatic rings. The van der Waals surface area contributed by atoms with E-state index in [1.54, 1.807) is 37.3 Å².